The molecule has 3 aromatic rings. The lowest BCUT2D eigenvalue weighted by atomic mass is 10.0. The van der Waals surface area contributed by atoms with Gasteiger partial charge in [-0.2, -0.15) is 13.2 Å². The number of anilines is 1. The van der Waals surface area contributed by atoms with Crippen LogP contribution in [0.5, 0.6) is 5.75 Å². The molecule has 0 amide bonds. The number of alkyl halides is 3. The zero-order chi connectivity index (χ0) is 21.0. The van der Waals surface area contributed by atoms with Gasteiger partial charge in [0.1, 0.15) is 17.1 Å². The minimum atomic E-state index is -4.36. The van der Waals surface area contributed by atoms with Crippen LogP contribution in [-0.4, -0.2) is 23.2 Å². The molecule has 0 aliphatic carbocycles. The Morgan fingerprint density at radius 1 is 1.07 bits per heavy atom. The van der Waals surface area contributed by atoms with Crippen LogP contribution in [0.1, 0.15) is 21.5 Å². The fourth-order valence-corrected chi connectivity index (χ4v) is 2.73. The summed E-state index contributed by atoms with van der Waals surface area (Å²) < 4.78 is 42.8. The largest absolute Gasteiger partial charge is 0.496 e. The van der Waals surface area contributed by atoms with Gasteiger partial charge in [-0.1, -0.05) is 18.2 Å². The molecule has 0 aliphatic heterocycles. The number of hydrogen-bond acceptors (Lipinski definition) is 4. The van der Waals surface area contributed by atoms with E-state index in [0.29, 0.717) is 23.5 Å². The molecule has 5 nitrogen and oxygen atoms in total. The van der Waals surface area contributed by atoms with Crippen molar-refractivity contribution in [1.82, 2.24) is 4.98 Å². The number of carboxylic acid groups (broad SMARTS) is 1. The molecule has 2 aromatic carbocycles. The third-order valence-electron chi connectivity index (χ3n) is 4.28. The van der Waals surface area contributed by atoms with E-state index < -0.39 is 17.7 Å². The summed E-state index contributed by atoms with van der Waals surface area (Å²) in [7, 11) is 1.40. The fraction of sp³-hybridized carbons (Fsp3) is 0.143. The van der Waals surface area contributed by atoms with E-state index in [1.807, 2.05) is 0 Å². The van der Waals surface area contributed by atoms with Gasteiger partial charge in [-0.05, 0) is 47.5 Å². The highest BCUT2D eigenvalue weighted by atomic mass is 19.4. The van der Waals surface area contributed by atoms with Crippen molar-refractivity contribution < 1.29 is 27.8 Å². The summed E-state index contributed by atoms with van der Waals surface area (Å²) in [5.41, 5.74) is 1.43. The van der Waals surface area contributed by atoms with E-state index in [9.17, 15) is 23.1 Å². The number of aromatic carboxylic acids is 1. The van der Waals surface area contributed by atoms with Gasteiger partial charge in [-0.3, -0.25) is 0 Å². The number of nitrogens with zero attached hydrogens (tertiary/aromatic N) is 1. The first-order valence-corrected chi connectivity index (χ1v) is 8.55. The molecule has 0 bridgehead atoms. The third kappa shape index (κ3) is 4.84. The van der Waals surface area contributed by atoms with Crippen molar-refractivity contribution in [2.24, 2.45) is 0 Å². The quantitative estimate of drug-likeness (QED) is 0.601. The number of nitrogens with one attached hydrogen (secondary N) is 1. The number of rotatable bonds is 6. The van der Waals surface area contributed by atoms with Crippen LogP contribution in [0.3, 0.4) is 0 Å². The molecule has 3 rings (SSSR count). The van der Waals surface area contributed by atoms with E-state index >= 15 is 0 Å². The zero-order valence-corrected chi connectivity index (χ0v) is 15.3. The van der Waals surface area contributed by atoms with Gasteiger partial charge in [0, 0.05) is 18.3 Å². The summed E-state index contributed by atoms with van der Waals surface area (Å²) in [6.07, 6.45) is -2.77. The predicted octanol–water partition coefficient (Wildman–Crippen LogP) is 5.09. The average molecular weight is 402 g/mol. The number of hydrogen-bond donors (Lipinski definition) is 2. The molecule has 2 N–H and O–H groups in total. The molecule has 0 saturated carbocycles. The first-order chi connectivity index (χ1) is 13.8. The molecule has 0 aliphatic rings. The Morgan fingerprint density at radius 3 is 2.31 bits per heavy atom. The van der Waals surface area contributed by atoms with E-state index in [-0.39, 0.29) is 11.3 Å². The number of pyridine rings is 1. The van der Waals surface area contributed by atoms with Gasteiger partial charge in [0.2, 0.25) is 0 Å². The van der Waals surface area contributed by atoms with E-state index in [1.165, 1.54) is 25.3 Å². The molecule has 0 unspecified atom stereocenters. The normalized spacial score (nSPS) is 11.2. The summed E-state index contributed by atoms with van der Waals surface area (Å²) in [6, 6.07) is 13.2. The van der Waals surface area contributed by atoms with E-state index in [2.05, 4.69) is 10.3 Å². The number of carboxylic acids is 1. The maximum atomic E-state index is 12.6. The van der Waals surface area contributed by atoms with Crippen LogP contribution in [0.4, 0.5) is 19.0 Å². The summed E-state index contributed by atoms with van der Waals surface area (Å²) in [5.74, 6) is -0.281. The zero-order valence-electron chi connectivity index (χ0n) is 15.3. The van der Waals surface area contributed by atoms with Crippen LogP contribution in [0.25, 0.3) is 11.1 Å². The van der Waals surface area contributed by atoms with Crippen molar-refractivity contribution in [2.45, 2.75) is 12.7 Å². The maximum Gasteiger partial charge on any atom is 0.416 e. The van der Waals surface area contributed by atoms with Crippen LogP contribution >= 0.6 is 0 Å². The molecular weight excluding hydrogens is 385 g/mol. The van der Waals surface area contributed by atoms with Crippen molar-refractivity contribution in [3.8, 4) is 16.9 Å². The van der Waals surface area contributed by atoms with Crippen LogP contribution in [0, 0.1) is 0 Å². The first kappa shape index (κ1) is 20.2. The number of halogens is 3. The lowest BCUT2D eigenvalue weighted by molar-refractivity contribution is -0.137. The number of benzene rings is 2. The molecule has 0 atom stereocenters. The Morgan fingerprint density at radius 2 is 1.76 bits per heavy atom. The topological polar surface area (TPSA) is 71.5 Å². The van der Waals surface area contributed by atoms with Crippen LogP contribution in [0.2, 0.25) is 0 Å². The molecule has 150 valence electrons. The maximum absolute atomic E-state index is 12.6. The summed E-state index contributed by atoms with van der Waals surface area (Å²) in [5, 5.41) is 12.3. The van der Waals surface area contributed by atoms with Crippen LogP contribution in [-0.2, 0) is 12.7 Å². The number of ether oxygens (including phenoxy) is 1. The highest BCUT2D eigenvalue weighted by molar-refractivity contribution is 5.92. The minimum absolute atomic E-state index is 0.0505. The molecule has 8 heteroatoms. The van der Waals surface area contributed by atoms with E-state index in [0.717, 1.165) is 17.7 Å². The summed E-state index contributed by atoms with van der Waals surface area (Å²) in [4.78, 5) is 15.6. The number of aromatic nitrogens is 1. The van der Waals surface area contributed by atoms with Crippen molar-refractivity contribution >= 4 is 11.8 Å². The summed E-state index contributed by atoms with van der Waals surface area (Å²) in [6.45, 7) is 0.316. The number of carbonyl (C=O) groups is 1. The molecule has 0 saturated heterocycles. The molecule has 1 heterocycles. The van der Waals surface area contributed by atoms with Crippen molar-refractivity contribution in [3.05, 3.63) is 77.5 Å². The average Bonchev–Trinajstić information content (AvgIpc) is 2.71. The van der Waals surface area contributed by atoms with E-state index in [4.69, 9.17) is 4.74 Å². The van der Waals surface area contributed by atoms with Crippen LogP contribution in [0.15, 0.2) is 60.8 Å². The van der Waals surface area contributed by atoms with Gasteiger partial charge in [-0.15, -0.1) is 0 Å². The minimum Gasteiger partial charge on any atom is -0.496 e. The second-order valence-corrected chi connectivity index (χ2v) is 6.20. The van der Waals surface area contributed by atoms with Gasteiger partial charge in [0.15, 0.2) is 0 Å². The Hall–Kier alpha value is -3.55. The van der Waals surface area contributed by atoms with E-state index in [1.54, 1.807) is 30.5 Å². The number of methoxy groups -OCH3 is 1. The highest BCUT2D eigenvalue weighted by Gasteiger charge is 2.29. The van der Waals surface area contributed by atoms with Crippen molar-refractivity contribution in [1.29, 1.82) is 0 Å². The lowest BCUT2D eigenvalue weighted by Gasteiger charge is -2.10. The van der Waals surface area contributed by atoms with Crippen molar-refractivity contribution in [2.75, 3.05) is 12.4 Å². The lowest BCUT2D eigenvalue weighted by Crippen LogP contribution is -2.06. The Balaban J connectivity index is 1.69. The molecule has 1 aromatic heterocycles. The molecular formula is C21H17F3N2O3. The van der Waals surface area contributed by atoms with Crippen molar-refractivity contribution in [3.63, 3.8) is 0 Å². The second-order valence-electron chi connectivity index (χ2n) is 6.20. The Kier molecular flexibility index (Phi) is 5.72. The predicted molar refractivity (Wildman–Crippen MR) is 102 cm³/mol. The summed E-state index contributed by atoms with van der Waals surface area (Å²) >= 11 is 0. The standard InChI is InChI=1S/C21H17F3N2O3/c1-29-18-8-4-14(10-17(18)20(27)28)15-5-9-19(26-12-15)25-11-13-2-6-16(7-3-13)21(22,23)24/h2-10,12H,11H2,1H3,(H,25,26)(H,27,28). The molecule has 29 heavy (non-hydrogen) atoms. The van der Waals surface area contributed by atoms with Gasteiger partial charge >= 0.3 is 12.1 Å². The second kappa shape index (κ2) is 8.22. The van der Waals surface area contributed by atoms with Gasteiger partial charge in [-0.25, -0.2) is 9.78 Å². The monoisotopic (exact) mass is 402 g/mol. The molecule has 0 radical (unpaired) electrons. The third-order valence-corrected chi connectivity index (χ3v) is 4.28. The van der Waals surface area contributed by atoms with Crippen LogP contribution < -0.4 is 10.1 Å². The van der Waals surface area contributed by atoms with Gasteiger partial charge in [0.05, 0.1) is 12.7 Å². The first-order valence-electron chi connectivity index (χ1n) is 8.55. The highest BCUT2D eigenvalue weighted by Crippen LogP contribution is 2.29. The smallest absolute Gasteiger partial charge is 0.416 e. The van der Waals surface area contributed by atoms with Gasteiger partial charge in [0.25, 0.3) is 0 Å². The van der Waals surface area contributed by atoms with Gasteiger partial charge < -0.3 is 15.2 Å². The molecule has 0 fully saturated rings. The molecule has 0 spiro atoms. The fourth-order valence-electron chi connectivity index (χ4n) is 2.73. The SMILES string of the molecule is COc1ccc(-c2ccc(NCc3ccc(C(F)(F)F)cc3)nc2)cc1C(=O)O. The Bertz CT molecular complexity index is 1000. The Labute approximate surface area is 164 Å².